The lowest BCUT2D eigenvalue weighted by atomic mass is 9.87. The molecular formula is C23H29N5OS. The fourth-order valence-corrected chi connectivity index (χ4v) is 5.25. The Morgan fingerprint density at radius 3 is 3.03 bits per heavy atom. The van der Waals surface area contributed by atoms with Gasteiger partial charge in [-0.1, -0.05) is 24.3 Å². The van der Waals surface area contributed by atoms with E-state index in [-0.39, 0.29) is 11.9 Å². The number of aliphatic imine (C=N–C) groups is 1. The zero-order chi connectivity index (χ0) is 21.1. The molecule has 0 saturated heterocycles. The molecule has 2 heterocycles. The van der Waals surface area contributed by atoms with Crippen LogP contribution in [0.1, 0.15) is 46.2 Å². The highest BCUT2D eigenvalue weighted by Gasteiger charge is 2.25. The summed E-state index contributed by atoms with van der Waals surface area (Å²) in [5.74, 6) is -0.0129. The molecule has 7 heteroatoms. The molecule has 158 valence electrons. The first kappa shape index (κ1) is 20.8. The lowest BCUT2D eigenvalue weighted by Crippen LogP contribution is -2.32. The number of hydrogen-bond acceptors (Lipinski definition) is 5. The summed E-state index contributed by atoms with van der Waals surface area (Å²) in [6.07, 6.45) is 6.56. The largest absolute Gasteiger partial charge is 0.405 e. The SMILES string of the molecule is Cc1c(SN2CCN=C(/C=C\N)C2)cc(C(=O)NC2CCCc3ccccc32)n1C. The highest BCUT2D eigenvalue weighted by molar-refractivity contribution is 7.97. The zero-order valence-electron chi connectivity index (χ0n) is 17.6. The maximum atomic E-state index is 13.1. The molecule has 0 radical (unpaired) electrons. The minimum absolute atomic E-state index is 0.0129. The second-order valence-corrected chi connectivity index (χ2v) is 8.98. The van der Waals surface area contributed by atoms with Crippen LogP contribution in [0.25, 0.3) is 0 Å². The Morgan fingerprint density at radius 2 is 2.20 bits per heavy atom. The van der Waals surface area contributed by atoms with E-state index in [0.29, 0.717) is 5.69 Å². The molecule has 2 aliphatic rings. The predicted molar refractivity (Wildman–Crippen MR) is 123 cm³/mol. The average Bonchev–Trinajstić information content (AvgIpc) is 3.03. The monoisotopic (exact) mass is 423 g/mol. The number of nitrogens with two attached hydrogens (primary N) is 1. The molecule has 2 aromatic rings. The molecule has 3 N–H and O–H groups in total. The van der Waals surface area contributed by atoms with E-state index < -0.39 is 0 Å². The van der Waals surface area contributed by atoms with Gasteiger partial charge in [0.15, 0.2) is 0 Å². The number of rotatable bonds is 5. The second-order valence-electron chi connectivity index (χ2n) is 7.84. The van der Waals surface area contributed by atoms with Gasteiger partial charge in [-0.3, -0.25) is 9.79 Å². The van der Waals surface area contributed by atoms with Crippen molar-refractivity contribution in [3.63, 3.8) is 0 Å². The molecule has 0 fully saturated rings. The zero-order valence-corrected chi connectivity index (χ0v) is 18.4. The van der Waals surface area contributed by atoms with E-state index in [2.05, 4.69) is 45.8 Å². The summed E-state index contributed by atoms with van der Waals surface area (Å²) in [7, 11) is 1.96. The summed E-state index contributed by atoms with van der Waals surface area (Å²) >= 11 is 1.68. The summed E-state index contributed by atoms with van der Waals surface area (Å²) < 4.78 is 4.26. The average molecular weight is 424 g/mol. The van der Waals surface area contributed by atoms with E-state index >= 15 is 0 Å². The second kappa shape index (κ2) is 9.10. The first-order chi connectivity index (χ1) is 14.6. The molecule has 30 heavy (non-hydrogen) atoms. The number of aromatic nitrogens is 1. The third-order valence-electron chi connectivity index (χ3n) is 5.91. The fraction of sp³-hybridized carbons (Fsp3) is 0.391. The first-order valence-corrected chi connectivity index (χ1v) is 11.2. The van der Waals surface area contributed by atoms with E-state index in [4.69, 9.17) is 5.73 Å². The van der Waals surface area contributed by atoms with Crippen LogP contribution in [0, 0.1) is 6.92 Å². The van der Waals surface area contributed by atoms with Crippen molar-refractivity contribution in [2.75, 3.05) is 19.6 Å². The van der Waals surface area contributed by atoms with Crippen LogP contribution in [-0.2, 0) is 13.5 Å². The van der Waals surface area contributed by atoms with Crippen LogP contribution in [0.4, 0.5) is 0 Å². The van der Waals surface area contributed by atoms with E-state index in [1.807, 2.05) is 23.8 Å². The minimum atomic E-state index is -0.0129. The highest BCUT2D eigenvalue weighted by Crippen LogP contribution is 2.32. The van der Waals surface area contributed by atoms with Crippen molar-refractivity contribution >= 4 is 23.6 Å². The Labute approximate surface area is 182 Å². The van der Waals surface area contributed by atoms with Gasteiger partial charge >= 0.3 is 0 Å². The van der Waals surface area contributed by atoms with Gasteiger partial charge in [-0.25, -0.2) is 4.31 Å². The molecule has 1 unspecified atom stereocenters. The van der Waals surface area contributed by atoms with Gasteiger partial charge < -0.3 is 15.6 Å². The molecule has 1 aromatic carbocycles. The Bertz CT molecular complexity index is 993. The minimum Gasteiger partial charge on any atom is -0.405 e. The molecule has 4 rings (SSSR count). The third kappa shape index (κ3) is 4.32. The standard InChI is InChI=1S/C23H29N5OS/c1-16-22(30-28-13-12-25-18(15-28)10-11-24)14-21(27(16)2)23(29)26-20-9-5-7-17-6-3-4-8-19(17)20/h3-4,6,8,10-11,14,20H,5,7,9,12-13,15,24H2,1-2H3,(H,26,29)/b11-10-. The molecule has 1 aliphatic carbocycles. The topological polar surface area (TPSA) is 75.7 Å². The Hall–Kier alpha value is -2.51. The van der Waals surface area contributed by atoms with Crippen molar-refractivity contribution in [2.24, 2.45) is 17.8 Å². The number of amides is 1. The van der Waals surface area contributed by atoms with Crippen LogP contribution >= 0.6 is 11.9 Å². The van der Waals surface area contributed by atoms with Crippen LogP contribution < -0.4 is 11.1 Å². The maximum absolute atomic E-state index is 13.1. The van der Waals surface area contributed by atoms with Gasteiger partial charge in [-0.15, -0.1) is 0 Å². The molecule has 0 saturated carbocycles. The number of fused-ring (bicyclic) bond motifs is 1. The van der Waals surface area contributed by atoms with Crippen molar-refractivity contribution in [3.05, 3.63) is 65.1 Å². The number of hydrogen-bond donors (Lipinski definition) is 2. The number of aryl methyl sites for hydroxylation is 1. The number of carbonyl (C=O) groups excluding carboxylic acids is 1. The van der Waals surface area contributed by atoms with Gasteiger partial charge in [0.05, 0.1) is 24.8 Å². The van der Waals surface area contributed by atoms with Gasteiger partial charge in [-0.2, -0.15) is 0 Å². The molecular weight excluding hydrogens is 394 g/mol. The first-order valence-electron chi connectivity index (χ1n) is 10.5. The predicted octanol–water partition coefficient (Wildman–Crippen LogP) is 3.38. The molecule has 1 aliphatic heterocycles. The van der Waals surface area contributed by atoms with E-state index in [0.717, 1.165) is 55.2 Å². The van der Waals surface area contributed by atoms with Crippen molar-refractivity contribution in [2.45, 2.75) is 37.1 Å². The van der Waals surface area contributed by atoms with Gasteiger partial charge in [-0.05, 0) is 67.6 Å². The maximum Gasteiger partial charge on any atom is 0.268 e. The van der Waals surface area contributed by atoms with Crippen molar-refractivity contribution in [3.8, 4) is 0 Å². The molecule has 1 amide bonds. The number of nitrogens with one attached hydrogen (secondary N) is 1. The third-order valence-corrected chi connectivity index (χ3v) is 7.09. The van der Waals surface area contributed by atoms with Crippen molar-refractivity contribution < 1.29 is 4.79 Å². The Kier molecular flexibility index (Phi) is 6.29. The molecule has 1 aromatic heterocycles. The fourth-order valence-electron chi connectivity index (χ4n) is 4.17. The Balaban J connectivity index is 1.48. The molecule has 0 spiro atoms. The van der Waals surface area contributed by atoms with Gasteiger partial charge in [0.1, 0.15) is 5.69 Å². The van der Waals surface area contributed by atoms with Crippen LogP contribution in [0.15, 0.2) is 52.5 Å². The lowest BCUT2D eigenvalue weighted by Gasteiger charge is -2.26. The summed E-state index contributed by atoms with van der Waals surface area (Å²) in [5.41, 5.74) is 10.9. The van der Waals surface area contributed by atoms with Crippen LogP contribution in [-0.4, -0.2) is 40.1 Å². The molecule has 1 atom stereocenters. The van der Waals surface area contributed by atoms with Crippen LogP contribution in [0.3, 0.4) is 0 Å². The normalized spacial score (nSPS) is 19.5. The van der Waals surface area contributed by atoms with E-state index in [1.54, 1.807) is 11.9 Å². The van der Waals surface area contributed by atoms with Crippen LogP contribution in [0.5, 0.6) is 0 Å². The quantitative estimate of drug-likeness (QED) is 0.723. The summed E-state index contributed by atoms with van der Waals surface area (Å²) in [6, 6.07) is 10.5. The number of benzene rings is 1. The van der Waals surface area contributed by atoms with Crippen LogP contribution in [0.2, 0.25) is 0 Å². The molecule has 0 bridgehead atoms. The van der Waals surface area contributed by atoms with Gasteiger partial charge in [0.25, 0.3) is 5.91 Å². The summed E-state index contributed by atoms with van der Waals surface area (Å²) in [6.45, 7) is 4.44. The molecule has 6 nitrogen and oxygen atoms in total. The van der Waals surface area contributed by atoms with Crippen molar-refractivity contribution in [1.29, 1.82) is 0 Å². The summed E-state index contributed by atoms with van der Waals surface area (Å²) in [5, 5.41) is 3.28. The number of carbonyl (C=O) groups is 1. The van der Waals surface area contributed by atoms with Gasteiger partial charge in [0, 0.05) is 24.2 Å². The van der Waals surface area contributed by atoms with Gasteiger partial charge in [0.2, 0.25) is 0 Å². The van der Waals surface area contributed by atoms with E-state index in [9.17, 15) is 4.79 Å². The lowest BCUT2D eigenvalue weighted by molar-refractivity contribution is 0.0924. The highest BCUT2D eigenvalue weighted by atomic mass is 32.2. The Morgan fingerprint density at radius 1 is 1.37 bits per heavy atom. The van der Waals surface area contributed by atoms with Crippen molar-refractivity contribution in [1.82, 2.24) is 14.2 Å². The number of nitrogens with zero attached hydrogens (tertiary/aromatic N) is 3. The van der Waals surface area contributed by atoms with E-state index in [1.165, 1.54) is 17.3 Å². The smallest absolute Gasteiger partial charge is 0.268 e. The summed E-state index contributed by atoms with van der Waals surface area (Å²) in [4.78, 5) is 18.7.